The summed E-state index contributed by atoms with van der Waals surface area (Å²) in [6, 6.07) is 16.5. The molecule has 0 amide bonds. The molecule has 0 saturated carbocycles. The fraction of sp³-hybridized carbons (Fsp3) is 0. The summed E-state index contributed by atoms with van der Waals surface area (Å²) in [5, 5.41) is 20.4. The minimum Gasteiger partial charge on any atom is -0.508 e. The first kappa shape index (κ1) is 13.1. The molecule has 1 heterocycles. The second-order valence-corrected chi connectivity index (χ2v) is 4.46. The lowest BCUT2D eigenvalue weighted by atomic mass is 10.1. The Labute approximate surface area is 120 Å². The van der Waals surface area contributed by atoms with Gasteiger partial charge in [0.05, 0.1) is 5.69 Å². The summed E-state index contributed by atoms with van der Waals surface area (Å²) >= 11 is 0. The van der Waals surface area contributed by atoms with Gasteiger partial charge in [0.25, 0.3) is 0 Å². The molecule has 3 rings (SSSR count). The molecular weight excluding hydrogens is 269 g/mol. The molecule has 0 unspecified atom stereocenters. The average molecular weight is 281 g/mol. The lowest BCUT2D eigenvalue weighted by molar-refractivity contribution is 0.475. The highest BCUT2D eigenvalue weighted by Crippen LogP contribution is 2.22. The van der Waals surface area contributed by atoms with Gasteiger partial charge in [-0.2, -0.15) is 0 Å². The monoisotopic (exact) mass is 281 g/mol. The topological polar surface area (TPSA) is 58.0 Å². The second kappa shape index (κ2) is 5.58. The Kier molecular flexibility index (Phi) is 3.47. The number of anilines is 2. The predicted molar refractivity (Wildman–Crippen MR) is 78.8 cm³/mol. The van der Waals surface area contributed by atoms with Crippen LogP contribution in [0.1, 0.15) is 0 Å². The van der Waals surface area contributed by atoms with Crippen LogP contribution in [-0.4, -0.2) is 15.3 Å². The van der Waals surface area contributed by atoms with Gasteiger partial charge in [0.15, 0.2) is 5.82 Å². The highest BCUT2D eigenvalue weighted by atomic mass is 19.1. The minimum absolute atomic E-state index is 0.163. The highest BCUT2D eigenvalue weighted by molar-refractivity contribution is 5.62. The van der Waals surface area contributed by atoms with Crippen molar-refractivity contribution >= 4 is 11.5 Å². The summed E-state index contributed by atoms with van der Waals surface area (Å²) in [5.74, 6) is 0.345. The molecule has 0 aliphatic carbocycles. The lowest BCUT2D eigenvalue weighted by Gasteiger charge is -2.06. The minimum atomic E-state index is -0.333. The number of phenolic OH excluding ortho intramolecular Hbond substituents is 1. The van der Waals surface area contributed by atoms with Crippen LogP contribution < -0.4 is 5.32 Å². The van der Waals surface area contributed by atoms with Gasteiger partial charge in [-0.1, -0.05) is 18.2 Å². The Hall–Kier alpha value is -2.95. The van der Waals surface area contributed by atoms with Crippen LogP contribution in [0.15, 0.2) is 60.7 Å². The number of halogens is 1. The molecule has 0 spiro atoms. The third-order valence-corrected chi connectivity index (χ3v) is 2.93. The maximum absolute atomic E-state index is 13.7. The van der Waals surface area contributed by atoms with Gasteiger partial charge in [-0.15, -0.1) is 10.2 Å². The van der Waals surface area contributed by atoms with Crippen LogP contribution in [0, 0.1) is 5.82 Å². The zero-order valence-electron chi connectivity index (χ0n) is 11.0. The second-order valence-electron chi connectivity index (χ2n) is 4.46. The van der Waals surface area contributed by atoms with Crippen molar-refractivity contribution in [3.8, 4) is 17.0 Å². The van der Waals surface area contributed by atoms with Crippen LogP contribution >= 0.6 is 0 Å². The normalized spacial score (nSPS) is 10.3. The van der Waals surface area contributed by atoms with Crippen LogP contribution in [0.5, 0.6) is 5.75 Å². The van der Waals surface area contributed by atoms with Gasteiger partial charge in [0.2, 0.25) is 0 Å². The van der Waals surface area contributed by atoms with E-state index in [1.165, 1.54) is 6.07 Å². The van der Waals surface area contributed by atoms with Gasteiger partial charge in [-0.05, 0) is 36.4 Å². The standard InChI is InChI=1S/C16H12FN3O/c17-14-7-2-1-6-13(14)15-8-9-16(20-19-15)18-11-4-3-5-12(21)10-11/h1-10,21H,(H,18,20). The number of nitrogens with zero attached hydrogens (tertiary/aromatic N) is 2. The summed E-state index contributed by atoms with van der Waals surface area (Å²) in [6.45, 7) is 0. The van der Waals surface area contributed by atoms with Gasteiger partial charge in [0, 0.05) is 17.3 Å². The van der Waals surface area contributed by atoms with E-state index in [0.717, 1.165) is 0 Å². The summed E-state index contributed by atoms with van der Waals surface area (Å²) in [7, 11) is 0. The SMILES string of the molecule is Oc1cccc(Nc2ccc(-c3ccccc3F)nn2)c1. The van der Waals surface area contributed by atoms with E-state index in [2.05, 4.69) is 15.5 Å². The van der Waals surface area contributed by atoms with Crippen LogP contribution in [0.4, 0.5) is 15.9 Å². The van der Waals surface area contributed by atoms with E-state index in [1.54, 1.807) is 54.6 Å². The Morgan fingerprint density at radius 2 is 1.76 bits per heavy atom. The van der Waals surface area contributed by atoms with Gasteiger partial charge < -0.3 is 10.4 Å². The number of aromatic nitrogens is 2. The van der Waals surface area contributed by atoms with Crippen LogP contribution in [0.2, 0.25) is 0 Å². The van der Waals surface area contributed by atoms with Crippen molar-refractivity contribution in [3.05, 3.63) is 66.5 Å². The van der Waals surface area contributed by atoms with E-state index in [4.69, 9.17) is 0 Å². The van der Waals surface area contributed by atoms with Gasteiger partial charge in [-0.25, -0.2) is 4.39 Å². The number of hydrogen-bond donors (Lipinski definition) is 2. The fourth-order valence-electron chi connectivity index (χ4n) is 1.94. The number of benzene rings is 2. The molecule has 4 nitrogen and oxygen atoms in total. The molecule has 1 aromatic heterocycles. The average Bonchev–Trinajstić information content (AvgIpc) is 2.49. The predicted octanol–water partition coefficient (Wildman–Crippen LogP) is 3.73. The van der Waals surface area contributed by atoms with Crippen molar-refractivity contribution in [2.24, 2.45) is 0 Å². The molecule has 3 aromatic rings. The molecule has 2 aromatic carbocycles. The summed E-state index contributed by atoms with van der Waals surface area (Å²) < 4.78 is 13.7. The van der Waals surface area contributed by atoms with Gasteiger partial charge >= 0.3 is 0 Å². The Morgan fingerprint density at radius 3 is 2.48 bits per heavy atom. The molecule has 104 valence electrons. The first-order valence-electron chi connectivity index (χ1n) is 6.37. The Morgan fingerprint density at radius 1 is 0.905 bits per heavy atom. The van der Waals surface area contributed by atoms with Crippen molar-refractivity contribution in [2.75, 3.05) is 5.32 Å². The quantitative estimate of drug-likeness (QED) is 0.768. The summed E-state index contributed by atoms with van der Waals surface area (Å²) in [6.07, 6.45) is 0. The largest absolute Gasteiger partial charge is 0.508 e. The molecule has 0 bridgehead atoms. The third-order valence-electron chi connectivity index (χ3n) is 2.93. The van der Waals surface area contributed by atoms with Crippen LogP contribution in [0.3, 0.4) is 0 Å². The van der Waals surface area contributed by atoms with Crippen molar-refractivity contribution < 1.29 is 9.50 Å². The zero-order valence-corrected chi connectivity index (χ0v) is 11.0. The maximum Gasteiger partial charge on any atom is 0.153 e. The van der Waals surface area contributed by atoms with E-state index >= 15 is 0 Å². The molecule has 2 N–H and O–H groups in total. The van der Waals surface area contributed by atoms with Crippen molar-refractivity contribution in [3.63, 3.8) is 0 Å². The fourth-order valence-corrected chi connectivity index (χ4v) is 1.94. The molecule has 5 heteroatoms. The number of phenols is 1. The number of nitrogens with one attached hydrogen (secondary N) is 1. The number of rotatable bonds is 3. The smallest absolute Gasteiger partial charge is 0.153 e. The Bertz CT molecular complexity index is 759. The van der Waals surface area contributed by atoms with Gasteiger partial charge in [0.1, 0.15) is 11.6 Å². The van der Waals surface area contributed by atoms with Crippen molar-refractivity contribution in [1.29, 1.82) is 0 Å². The molecule has 0 aliphatic heterocycles. The molecule has 0 fully saturated rings. The van der Waals surface area contributed by atoms with E-state index < -0.39 is 0 Å². The van der Waals surface area contributed by atoms with Crippen molar-refractivity contribution in [1.82, 2.24) is 10.2 Å². The molecule has 0 saturated heterocycles. The molecular formula is C16H12FN3O. The summed E-state index contributed by atoms with van der Waals surface area (Å²) in [5.41, 5.74) is 1.58. The number of aromatic hydroxyl groups is 1. The molecule has 0 radical (unpaired) electrons. The summed E-state index contributed by atoms with van der Waals surface area (Å²) in [4.78, 5) is 0. The van der Waals surface area contributed by atoms with Crippen molar-refractivity contribution in [2.45, 2.75) is 0 Å². The maximum atomic E-state index is 13.7. The zero-order chi connectivity index (χ0) is 14.7. The van der Waals surface area contributed by atoms with Crippen LogP contribution in [0.25, 0.3) is 11.3 Å². The number of hydrogen-bond acceptors (Lipinski definition) is 4. The van der Waals surface area contributed by atoms with Crippen LogP contribution in [-0.2, 0) is 0 Å². The third kappa shape index (κ3) is 2.97. The first-order chi connectivity index (χ1) is 10.2. The van der Waals surface area contributed by atoms with E-state index in [1.807, 2.05) is 0 Å². The van der Waals surface area contributed by atoms with E-state index in [-0.39, 0.29) is 11.6 Å². The lowest BCUT2D eigenvalue weighted by Crippen LogP contribution is -1.97. The molecule has 0 atom stereocenters. The van der Waals surface area contributed by atoms with Gasteiger partial charge in [-0.3, -0.25) is 0 Å². The Balaban J connectivity index is 1.83. The van der Waals surface area contributed by atoms with E-state index in [0.29, 0.717) is 22.8 Å². The highest BCUT2D eigenvalue weighted by Gasteiger charge is 2.06. The van der Waals surface area contributed by atoms with E-state index in [9.17, 15) is 9.50 Å². The molecule has 21 heavy (non-hydrogen) atoms. The molecule has 0 aliphatic rings. The first-order valence-corrected chi connectivity index (χ1v) is 6.37.